The molecule has 0 N–H and O–H groups in total. The van der Waals surface area contributed by atoms with E-state index < -0.39 is 6.16 Å². The molecule has 0 amide bonds. The number of rotatable bonds is 6. The van der Waals surface area contributed by atoms with Crippen LogP contribution < -0.4 is 4.74 Å². The molecular weight excluding hydrogens is 286 g/mol. The molecule has 1 aromatic carbocycles. The number of hydrogen-bond donors (Lipinski definition) is 0. The van der Waals surface area contributed by atoms with E-state index in [0.717, 1.165) is 17.8 Å². The number of hydrogen-bond acceptors (Lipinski definition) is 5. The van der Waals surface area contributed by atoms with Crippen molar-refractivity contribution in [2.45, 2.75) is 12.5 Å². The Morgan fingerprint density at radius 3 is 2.57 bits per heavy atom. The second kappa shape index (κ2) is 7.81. The fourth-order valence-corrected chi connectivity index (χ4v) is 2.62. The standard InChI is InChI=1S/C16H19NO3S/c1-17(2)11-10-14(15-9-6-12-21-15)20-16(18)19-13-7-4-3-5-8-13/h3-9,12,14H,10-11H2,1-2H3/t14-/m0/s1. The molecule has 0 fully saturated rings. The third kappa shape index (κ3) is 5.21. The first kappa shape index (κ1) is 15.5. The largest absolute Gasteiger partial charge is 0.514 e. The lowest BCUT2D eigenvalue weighted by atomic mass is 10.2. The third-order valence-electron chi connectivity index (χ3n) is 2.88. The van der Waals surface area contributed by atoms with E-state index in [4.69, 9.17) is 9.47 Å². The van der Waals surface area contributed by atoms with Crippen LogP contribution in [0, 0.1) is 0 Å². The van der Waals surface area contributed by atoms with Crippen molar-refractivity contribution < 1.29 is 14.3 Å². The summed E-state index contributed by atoms with van der Waals surface area (Å²) in [6.45, 7) is 0.835. The third-order valence-corrected chi connectivity index (χ3v) is 3.85. The van der Waals surface area contributed by atoms with Crippen LogP contribution in [0.15, 0.2) is 47.8 Å². The van der Waals surface area contributed by atoms with Crippen LogP contribution in [0.3, 0.4) is 0 Å². The molecule has 4 nitrogen and oxygen atoms in total. The fourth-order valence-electron chi connectivity index (χ4n) is 1.83. The van der Waals surface area contributed by atoms with Crippen molar-refractivity contribution in [3.8, 4) is 5.75 Å². The molecule has 0 aliphatic carbocycles. The smallest absolute Gasteiger partial charge is 0.425 e. The molecule has 0 spiro atoms. The first-order valence-corrected chi connectivity index (χ1v) is 7.65. The highest BCUT2D eigenvalue weighted by molar-refractivity contribution is 7.10. The van der Waals surface area contributed by atoms with E-state index in [0.29, 0.717) is 5.75 Å². The highest BCUT2D eigenvalue weighted by atomic mass is 32.1. The molecule has 0 saturated carbocycles. The Morgan fingerprint density at radius 2 is 1.95 bits per heavy atom. The minimum Gasteiger partial charge on any atom is -0.425 e. The zero-order valence-electron chi connectivity index (χ0n) is 12.2. The van der Waals surface area contributed by atoms with Crippen LogP contribution in [0.4, 0.5) is 4.79 Å². The van der Waals surface area contributed by atoms with Crippen LogP contribution in [-0.4, -0.2) is 31.7 Å². The number of thiophene rings is 1. The highest BCUT2D eigenvalue weighted by Crippen LogP contribution is 2.26. The first-order chi connectivity index (χ1) is 10.1. The predicted molar refractivity (Wildman–Crippen MR) is 83.8 cm³/mol. The summed E-state index contributed by atoms with van der Waals surface area (Å²) in [6.07, 6.45) is -0.209. The average Bonchev–Trinajstić information content (AvgIpc) is 2.98. The minimum absolute atomic E-state index is 0.274. The maximum absolute atomic E-state index is 11.9. The summed E-state index contributed by atoms with van der Waals surface area (Å²) in [7, 11) is 3.99. The van der Waals surface area contributed by atoms with Gasteiger partial charge in [-0.1, -0.05) is 24.3 Å². The molecule has 0 saturated heterocycles. The van der Waals surface area contributed by atoms with E-state index in [2.05, 4.69) is 4.90 Å². The minimum atomic E-state index is -0.668. The lowest BCUT2D eigenvalue weighted by molar-refractivity contribution is 0.0524. The van der Waals surface area contributed by atoms with Gasteiger partial charge in [0.1, 0.15) is 11.9 Å². The van der Waals surface area contributed by atoms with Crippen molar-refractivity contribution in [1.29, 1.82) is 0 Å². The van der Waals surface area contributed by atoms with Crippen molar-refractivity contribution in [3.63, 3.8) is 0 Å². The summed E-state index contributed by atoms with van der Waals surface area (Å²) in [5.41, 5.74) is 0. The van der Waals surface area contributed by atoms with Gasteiger partial charge in [-0.2, -0.15) is 0 Å². The molecule has 0 radical (unpaired) electrons. The molecule has 0 aliphatic heterocycles. The van der Waals surface area contributed by atoms with Gasteiger partial charge in [0.05, 0.1) is 0 Å². The van der Waals surface area contributed by atoms with Gasteiger partial charge in [0.25, 0.3) is 0 Å². The summed E-state index contributed by atoms with van der Waals surface area (Å²) >= 11 is 1.58. The molecule has 112 valence electrons. The lowest BCUT2D eigenvalue weighted by Crippen LogP contribution is -2.20. The number of carbonyl (C=O) groups is 1. The van der Waals surface area contributed by atoms with Gasteiger partial charge in [0.2, 0.25) is 0 Å². The van der Waals surface area contributed by atoms with Crippen LogP contribution in [0.25, 0.3) is 0 Å². The Kier molecular flexibility index (Phi) is 5.78. The van der Waals surface area contributed by atoms with Crippen LogP contribution >= 0.6 is 11.3 Å². The summed E-state index contributed by atoms with van der Waals surface area (Å²) in [4.78, 5) is 15.0. The zero-order valence-corrected chi connectivity index (χ0v) is 13.0. The summed E-state index contributed by atoms with van der Waals surface area (Å²) in [5, 5.41) is 1.98. The normalized spacial score (nSPS) is 12.1. The van der Waals surface area contributed by atoms with Crippen LogP contribution in [0.1, 0.15) is 17.4 Å². The van der Waals surface area contributed by atoms with Crippen molar-refractivity contribution in [2.75, 3.05) is 20.6 Å². The lowest BCUT2D eigenvalue weighted by Gasteiger charge is -2.18. The van der Waals surface area contributed by atoms with Crippen LogP contribution in [0.5, 0.6) is 5.75 Å². The van der Waals surface area contributed by atoms with Gasteiger partial charge in [-0.05, 0) is 37.7 Å². The van der Waals surface area contributed by atoms with E-state index >= 15 is 0 Å². The van der Waals surface area contributed by atoms with Gasteiger partial charge in [0.15, 0.2) is 0 Å². The summed E-state index contributed by atoms with van der Waals surface area (Å²) in [5.74, 6) is 0.486. The molecule has 1 atom stereocenters. The highest BCUT2D eigenvalue weighted by Gasteiger charge is 2.19. The summed E-state index contributed by atoms with van der Waals surface area (Å²) < 4.78 is 10.7. The zero-order chi connectivity index (χ0) is 15.1. The Hall–Kier alpha value is -1.85. The molecule has 0 bridgehead atoms. The van der Waals surface area contributed by atoms with E-state index in [9.17, 15) is 4.79 Å². The monoisotopic (exact) mass is 305 g/mol. The quantitative estimate of drug-likeness (QED) is 0.598. The molecule has 21 heavy (non-hydrogen) atoms. The van der Waals surface area contributed by atoms with Gasteiger partial charge in [-0.15, -0.1) is 11.3 Å². The Bertz CT molecular complexity index is 540. The molecule has 2 rings (SSSR count). The first-order valence-electron chi connectivity index (χ1n) is 6.77. The number of ether oxygens (including phenoxy) is 2. The maximum atomic E-state index is 11.9. The Balaban J connectivity index is 1.96. The van der Waals surface area contributed by atoms with Crippen molar-refractivity contribution >= 4 is 17.5 Å². The fraction of sp³-hybridized carbons (Fsp3) is 0.312. The van der Waals surface area contributed by atoms with E-state index in [1.165, 1.54) is 0 Å². The molecular formula is C16H19NO3S. The molecule has 2 aromatic rings. The average molecular weight is 305 g/mol. The van der Waals surface area contributed by atoms with Crippen molar-refractivity contribution in [1.82, 2.24) is 4.90 Å². The van der Waals surface area contributed by atoms with Gasteiger partial charge >= 0.3 is 6.16 Å². The second-order valence-corrected chi connectivity index (χ2v) is 5.86. The Morgan fingerprint density at radius 1 is 1.19 bits per heavy atom. The van der Waals surface area contributed by atoms with Gasteiger partial charge in [0, 0.05) is 17.8 Å². The maximum Gasteiger partial charge on any atom is 0.514 e. The van der Waals surface area contributed by atoms with Gasteiger partial charge in [-0.25, -0.2) is 4.79 Å². The van der Waals surface area contributed by atoms with E-state index in [-0.39, 0.29) is 6.10 Å². The SMILES string of the molecule is CN(C)CC[C@H](OC(=O)Oc1ccccc1)c1cccs1. The van der Waals surface area contributed by atoms with Gasteiger partial charge in [-0.3, -0.25) is 0 Å². The number of carbonyl (C=O) groups excluding carboxylic acids is 1. The summed E-state index contributed by atoms with van der Waals surface area (Å²) in [6, 6.07) is 12.9. The predicted octanol–water partition coefficient (Wildman–Crippen LogP) is 3.96. The van der Waals surface area contributed by atoms with Gasteiger partial charge < -0.3 is 14.4 Å². The molecule has 0 aliphatic rings. The molecule has 5 heteroatoms. The number of nitrogens with zero attached hydrogens (tertiary/aromatic N) is 1. The van der Waals surface area contributed by atoms with Crippen LogP contribution in [-0.2, 0) is 4.74 Å². The second-order valence-electron chi connectivity index (χ2n) is 4.88. The van der Waals surface area contributed by atoms with Crippen LogP contribution in [0.2, 0.25) is 0 Å². The topological polar surface area (TPSA) is 38.8 Å². The molecule has 1 heterocycles. The number of benzene rings is 1. The van der Waals surface area contributed by atoms with Crippen molar-refractivity contribution in [3.05, 3.63) is 52.7 Å². The Labute approximate surface area is 128 Å². The van der Waals surface area contributed by atoms with Crippen molar-refractivity contribution in [2.24, 2.45) is 0 Å². The van der Waals surface area contributed by atoms with E-state index in [1.807, 2.05) is 49.8 Å². The van der Waals surface area contributed by atoms with E-state index in [1.54, 1.807) is 23.5 Å². The molecule has 0 unspecified atom stereocenters. The molecule has 1 aromatic heterocycles. The number of para-hydroxylation sites is 1.